The van der Waals surface area contributed by atoms with Crippen LogP contribution in [0.25, 0.3) is 16.7 Å². The number of carbonyl (C=O) groups excluding carboxylic acids is 1. The average Bonchev–Trinajstić information content (AvgIpc) is 3.18. The van der Waals surface area contributed by atoms with Gasteiger partial charge in [-0.3, -0.25) is 18.6 Å². The minimum atomic E-state index is -0.144. The third-order valence-electron chi connectivity index (χ3n) is 6.32. The number of carbonyl (C=O) groups is 1. The molecule has 9 nitrogen and oxygen atoms in total. The third-order valence-corrected chi connectivity index (χ3v) is 7.24. The Bertz CT molecular complexity index is 1530. The van der Waals surface area contributed by atoms with E-state index in [-0.39, 0.29) is 17.2 Å². The molecule has 0 N–H and O–H groups in total. The molecule has 3 heterocycles. The van der Waals surface area contributed by atoms with E-state index in [1.54, 1.807) is 16.7 Å². The minimum absolute atomic E-state index is 0.0437. The maximum atomic E-state index is 13.1. The molecule has 0 atom stereocenters. The van der Waals surface area contributed by atoms with Gasteiger partial charge in [0.25, 0.3) is 5.56 Å². The van der Waals surface area contributed by atoms with Crippen molar-refractivity contribution >= 4 is 40.0 Å². The van der Waals surface area contributed by atoms with Crippen LogP contribution in [0, 0.1) is 11.3 Å². The number of benzene rings is 2. The molecule has 0 aliphatic carbocycles. The van der Waals surface area contributed by atoms with Crippen molar-refractivity contribution in [1.82, 2.24) is 24.1 Å². The fraction of sp³-hybridized carbons (Fsp3) is 0.269. The first kappa shape index (κ1) is 23.6. The van der Waals surface area contributed by atoms with Gasteiger partial charge in [0.2, 0.25) is 11.7 Å². The summed E-state index contributed by atoms with van der Waals surface area (Å²) in [6.45, 7) is 6.97. The van der Waals surface area contributed by atoms with E-state index in [4.69, 9.17) is 5.26 Å². The maximum Gasteiger partial charge on any atom is 0.263 e. The Kier molecular flexibility index (Phi) is 6.73. The summed E-state index contributed by atoms with van der Waals surface area (Å²) in [5, 5.41) is 18.7. The normalized spacial score (nSPS) is 14.1. The number of fused-ring (bicyclic) bond motifs is 3. The number of allylic oxidation sites excluding steroid dienone is 1. The zero-order chi connectivity index (χ0) is 25.1. The van der Waals surface area contributed by atoms with Crippen LogP contribution in [0.5, 0.6) is 0 Å². The molecule has 182 valence electrons. The van der Waals surface area contributed by atoms with Crippen molar-refractivity contribution in [1.29, 1.82) is 5.26 Å². The van der Waals surface area contributed by atoms with E-state index in [0.29, 0.717) is 47.0 Å². The number of hydrogen-bond donors (Lipinski definition) is 0. The van der Waals surface area contributed by atoms with E-state index >= 15 is 0 Å². The van der Waals surface area contributed by atoms with Gasteiger partial charge in [-0.05, 0) is 42.8 Å². The molecule has 0 bridgehead atoms. The van der Waals surface area contributed by atoms with Crippen molar-refractivity contribution in [3.8, 4) is 6.07 Å². The third kappa shape index (κ3) is 4.45. The Balaban J connectivity index is 1.32. The lowest BCUT2D eigenvalue weighted by molar-refractivity contribution is -0.128. The second-order valence-electron chi connectivity index (χ2n) is 8.51. The predicted molar refractivity (Wildman–Crippen MR) is 140 cm³/mol. The summed E-state index contributed by atoms with van der Waals surface area (Å²) in [5.74, 6) is 0.704. The highest BCUT2D eigenvalue weighted by Crippen LogP contribution is 2.23. The van der Waals surface area contributed by atoms with Gasteiger partial charge in [0.05, 0.1) is 28.3 Å². The summed E-state index contributed by atoms with van der Waals surface area (Å²) in [5.41, 5.74) is 2.27. The average molecular weight is 500 g/mol. The van der Waals surface area contributed by atoms with Gasteiger partial charge in [-0.1, -0.05) is 30.0 Å². The summed E-state index contributed by atoms with van der Waals surface area (Å²) in [6, 6.07) is 17.0. The molecule has 1 amide bonds. The Hall–Kier alpha value is -4.10. The van der Waals surface area contributed by atoms with Crippen LogP contribution in [0.1, 0.15) is 12.0 Å². The standard InChI is InChI=1S/C26H25N7O2S/c1-2-12-32-24(35)21-6-3-4-7-22(21)33-25(32)28-29-26(33)36-18-23(34)31-14-5-13-30(15-16-31)20-10-8-19(17-27)9-11-20/h2-4,6-11H,1,5,12-16,18H2. The van der Waals surface area contributed by atoms with Crippen LogP contribution in [0.2, 0.25) is 0 Å². The molecule has 36 heavy (non-hydrogen) atoms. The number of rotatable bonds is 6. The fourth-order valence-corrected chi connectivity index (χ4v) is 5.35. The van der Waals surface area contributed by atoms with Gasteiger partial charge in [0, 0.05) is 38.4 Å². The molecule has 2 aromatic carbocycles. The van der Waals surface area contributed by atoms with E-state index in [9.17, 15) is 9.59 Å². The lowest BCUT2D eigenvalue weighted by Crippen LogP contribution is -2.36. The van der Waals surface area contributed by atoms with Crippen molar-refractivity contribution < 1.29 is 4.79 Å². The van der Waals surface area contributed by atoms with E-state index in [1.165, 1.54) is 11.8 Å². The first-order valence-electron chi connectivity index (χ1n) is 11.7. The number of nitriles is 1. The zero-order valence-corrected chi connectivity index (χ0v) is 20.5. The fourth-order valence-electron chi connectivity index (χ4n) is 4.51. The molecule has 10 heteroatoms. The van der Waals surface area contributed by atoms with Crippen LogP contribution in [0.4, 0.5) is 5.69 Å². The molecule has 0 saturated carbocycles. The van der Waals surface area contributed by atoms with Crippen LogP contribution < -0.4 is 10.5 Å². The van der Waals surface area contributed by atoms with E-state index in [1.807, 2.05) is 51.8 Å². The number of para-hydroxylation sites is 1. The van der Waals surface area contributed by atoms with E-state index in [2.05, 4.69) is 27.7 Å². The summed E-state index contributed by atoms with van der Waals surface area (Å²) in [6.07, 6.45) is 2.52. The first-order chi connectivity index (χ1) is 17.6. The van der Waals surface area contributed by atoms with Crippen LogP contribution >= 0.6 is 11.8 Å². The van der Waals surface area contributed by atoms with Gasteiger partial charge in [-0.25, -0.2) is 0 Å². The highest BCUT2D eigenvalue weighted by molar-refractivity contribution is 7.99. The van der Waals surface area contributed by atoms with Crippen LogP contribution in [0.3, 0.4) is 0 Å². The van der Waals surface area contributed by atoms with Crippen molar-refractivity contribution in [3.63, 3.8) is 0 Å². The maximum absolute atomic E-state index is 13.1. The van der Waals surface area contributed by atoms with Crippen molar-refractivity contribution in [2.45, 2.75) is 18.1 Å². The SMILES string of the molecule is C=CCn1c(=O)c2ccccc2n2c(SCC(=O)N3CCCN(c4ccc(C#N)cc4)CC3)nnc12. The summed E-state index contributed by atoms with van der Waals surface area (Å²) in [7, 11) is 0. The van der Waals surface area contributed by atoms with Crippen LogP contribution in [0.15, 0.2) is 71.1 Å². The van der Waals surface area contributed by atoms with Gasteiger partial charge in [-0.2, -0.15) is 5.26 Å². The lowest BCUT2D eigenvalue weighted by atomic mass is 10.2. The molecule has 0 unspecified atom stereocenters. The van der Waals surface area contributed by atoms with Crippen LogP contribution in [-0.4, -0.2) is 61.9 Å². The monoisotopic (exact) mass is 499 g/mol. The molecular formula is C26H25N7O2S. The predicted octanol–water partition coefficient (Wildman–Crippen LogP) is 2.93. The number of thioether (sulfide) groups is 1. The van der Waals surface area contributed by atoms with Gasteiger partial charge in [-0.15, -0.1) is 16.8 Å². The Morgan fingerprint density at radius 2 is 1.89 bits per heavy atom. The summed E-state index contributed by atoms with van der Waals surface area (Å²) >= 11 is 1.33. The lowest BCUT2D eigenvalue weighted by Gasteiger charge is -2.23. The molecule has 5 rings (SSSR count). The van der Waals surface area contributed by atoms with Gasteiger partial charge in [0.15, 0.2) is 5.16 Å². The van der Waals surface area contributed by atoms with Crippen molar-refractivity contribution in [2.75, 3.05) is 36.8 Å². The highest BCUT2D eigenvalue weighted by atomic mass is 32.2. The Morgan fingerprint density at radius 1 is 1.08 bits per heavy atom. The molecule has 1 saturated heterocycles. The number of anilines is 1. The largest absolute Gasteiger partial charge is 0.370 e. The van der Waals surface area contributed by atoms with E-state index < -0.39 is 0 Å². The second-order valence-corrected chi connectivity index (χ2v) is 9.45. The van der Waals surface area contributed by atoms with Gasteiger partial charge >= 0.3 is 0 Å². The summed E-state index contributed by atoms with van der Waals surface area (Å²) < 4.78 is 3.38. The van der Waals surface area contributed by atoms with Crippen molar-refractivity contribution in [2.24, 2.45) is 0 Å². The Morgan fingerprint density at radius 3 is 2.67 bits per heavy atom. The molecule has 0 radical (unpaired) electrons. The zero-order valence-electron chi connectivity index (χ0n) is 19.7. The molecule has 1 aliphatic rings. The molecule has 0 spiro atoms. The second kappa shape index (κ2) is 10.3. The molecular weight excluding hydrogens is 474 g/mol. The Labute approximate surface area is 212 Å². The van der Waals surface area contributed by atoms with E-state index in [0.717, 1.165) is 25.2 Å². The molecule has 1 aliphatic heterocycles. The number of amides is 1. The molecule has 2 aromatic heterocycles. The highest BCUT2D eigenvalue weighted by Gasteiger charge is 2.22. The van der Waals surface area contributed by atoms with Gasteiger partial charge in [0.1, 0.15) is 0 Å². The first-order valence-corrected chi connectivity index (χ1v) is 12.7. The number of nitrogens with zero attached hydrogens (tertiary/aromatic N) is 7. The quantitative estimate of drug-likeness (QED) is 0.297. The van der Waals surface area contributed by atoms with Crippen LogP contribution in [-0.2, 0) is 11.3 Å². The van der Waals surface area contributed by atoms with Crippen molar-refractivity contribution in [3.05, 3.63) is 77.1 Å². The molecule has 1 fully saturated rings. The smallest absolute Gasteiger partial charge is 0.263 e. The molecule has 4 aromatic rings. The van der Waals surface area contributed by atoms with Gasteiger partial charge < -0.3 is 9.80 Å². The number of hydrogen-bond acceptors (Lipinski definition) is 7. The minimum Gasteiger partial charge on any atom is -0.370 e. The summed E-state index contributed by atoms with van der Waals surface area (Å²) in [4.78, 5) is 30.2. The topological polar surface area (TPSA) is 99.5 Å². The number of aromatic nitrogens is 4.